The van der Waals surface area contributed by atoms with Crippen LogP contribution >= 0.6 is 0 Å². The van der Waals surface area contributed by atoms with Crippen molar-refractivity contribution in [3.63, 3.8) is 0 Å². The van der Waals surface area contributed by atoms with E-state index in [0.29, 0.717) is 31.0 Å². The third-order valence-corrected chi connectivity index (χ3v) is 4.40. The highest BCUT2D eigenvalue weighted by Gasteiger charge is 2.18. The molecule has 9 nitrogen and oxygen atoms in total. The van der Waals surface area contributed by atoms with E-state index in [1.165, 1.54) is 0 Å². The zero-order chi connectivity index (χ0) is 21.3. The molecule has 1 heterocycles. The van der Waals surface area contributed by atoms with E-state index >= 15 is 0 Å². The Morgan fingerprint density at radius 1 is 1.07 bits per heavy atom. The topological polar surface area (TPSA) is 118 Å². The first-order chi connectivity index (χ1) is 14.6. The number of carbonyl (C=O) groups excluding carboxylic acids is 2. The van der Waals surface area contributed by atoms with Crippen LogP contribution < -0.4 is 15.5 Å². The largest absolute Gasteiger partial charge is 0.497 e. The molecule has 3 rings (SSSR count). The molecule has 2 aromatic carbocycles. The highest BCUT2D eigenvalue weighted by Crippen LogP contribution is 2.22. The van der Waals surface area contributed by atoms with Crippen molar-refractivity contribution >= 4 is 11.8 Å². The molecule has 1 aromatic heterocycles. The second-order valence-electron chi connectivity index (χ2n) is 6.48. The summed E-state index contributed by atoms with van der Waals surface area (Å²) in [5, 5.41) is 15.6. The number of carbonyl (C=O) groups is 2. The van der Waals surface area contributed by atoms with Gasteiger partial charge >= 0.3 is 0 Å². The van der Waals surface area contributed by atoms with Crippen molar-refractivity contribution in [3.05, 3.63) is 60.4 Å². The van der Waals surface area contributed by atoms with E-state index in [-0.39, 0.29) is 12.2 Å². The highest BCUT2D eigenvalue weighted by molar-refractivity contribution is 5.91. The molecular weight excluding hydrogens is 386 g/mol. The molecule has 0 fully saturated rings. The summed E-state index contributed by atoms with van der Waals surface area (Å²) < 4.78 is 6.82. The first-order valence-corrected chi connectivity index (χ1v) is 9.50. The minimum Gasteiger partial charge on any atom is -0.497 e. The fourth-order valence-corrected chi connectivity index (χ4v) is 2.83. The molecule has 3 aromatic rings. The van der Waals surface area contributed by atoms with Crippen LogP contribution in [0.2, 0.25) is 0 Å². The Morgan fingerprint density at radius 2 is 1.80 bits per heavy atom. The van der Waals surface area contributed by atoms with E-state index in [4.69, 9.17) is 9.94 Å². The Balaban J connectivity index is 1.77. The van der Waals surface area contributed by atoms with Gasteiger partial charge in [-0.05, 0) is 37.1 Å². The predicted octanol–water partition coefficient (Wildman–Crippen LogP) is 2.35. The standard InChI is InChI=1S/C21H23N5O4/c1-30-17-12-10-16(11-13-17)26-20(15-7-3-2-4-8-15)23-19(24-26)21(28)22-14-6-5-9-18(27)25-29/h2-4,7-8,10-13,29H,5-6,9,14H2,1H3,(H,22,28)(H,25,27). The fourth-order valence-electron chi connectivity index (χ4n) is 2.83. The molecule has 0 radical (unpaired) electrons. The summed E-state index contributed by atoms with van der Waals surface area (Å²) in [5.41, 5.74) is 3.16. The number of aromatic nitrogens is 3. The number of hydroxylamine groups is 1. The van der Waals surface area contributed by atoms with Crippen LogP contribution in [-0.4, -0.2) is 45.4 Å². The lowest BCUT2D eigenvalue weighted by molar-refractivity contribution is -0.129. The van der Waals surface area contributed by atoms with Gasteiger partial charge in [0.15, 0.2) is 5.82 Å². The number of amides is 2. The van der Waals surface area contributed by atoms with Crippen molar-refractivity contribution < 1.29 is 19.5 Å². The van der Waals surface area contributed by atoms with E-state index in [1.807, 2.05) is 54.6 Å². The van der Waals surface area contributed by atoms with Crippen molar-refractivity contribution in [3.8, 4) is 22.8 Å². The monoisotopic (exact) mass is 409 g/mol. The quantitative estimate of drug-likeness (QED) is 0.284. The van der Waals surface area contributed by atoms with E-state index in [1.54, 1.807) is 17.3 Å². The zero-order valence-electron chi connectivity index (χ0n) is 16.5. The minimum absolute atomic E-state index is 0.0535. The van der Waals surface area contributed by atoms with Gasteiger partial charge in [0.25, 0.3) is 5.91 Å². The maximum absolute atomic E-state index is 12.5. The molecule has 2 amide bonds. The van der Waals surface area contributed by atoms with Crippen LogP contribution in [-0.2, 0) is 4.79 Å². The Labute approximate surface area is 173 Å². The van der Waals surface area contributed by atoms with Gasteiger partial charge in [-0.15, -0.1) is 5.10 Å². The summed E-state index contributed by atoms with van der Waals surface area (Å²) in [6.45, 7) is 0.370. The minimum atomic E-state index is -0.450. The predicted molar refractivity (Wildman–Crippen MR) is 109 cm³/mol. The van der Waals surface area contributed by atoms with E-state index in [2.05, 4.69) is 15.4 Å². The lowest BCUT2D eigenvalue weighted by atomic mass is 10.2. The second-order valence-corrected chi connectivity index (χ2v) is 6.48. The third-order valence-electron chi connectivity index (χ3n) is 4.40. The number of hydrogen-bond acceptors (Lipinski definition) is 6. The number of hydrogen-bond donors (Lipinski definition) is 3. The van der Waals surface area contributed by atoms with Crippen LogP contribution in [0.15, 0.2) is 54.6 Å². The van der Waals surface area contributed by atoms with Crippen LogP contribution in [0.25, 0.3) is 17.1 Å². The lowest BCUT2D eigenvalue weighted by Crippen LogP contribution is -2.26. The Bertz CT molecular complexity index is 986. The number of benzene rings is 2. The highest BCUT2D eigenvalue weighted by atomic mass is 16.5. The summed E-state index contributed by atoms with van der Waals surface area (Å²) in [4.78, 5) is 28.0. The van der Waals surface area contributed by atoms with Gasteiger partial charge < -0.3 is 10.1 Å². The molecule has 0 aliphatic heterocycles. The van der Waals surface area contributed by atoms with E-state index < -0.39 is 11.8 Å². The van der Waals surface area contributed by atoms with Crippen LogP contribution in [0.5, 0.6) is 5.75 Å². The molecule has 0 aliphatic rings. The molecule has 30 heavy (non-hydrogen) atoms. The average molecular weight is 409 g/mol. The van der Waals surface area contributed by atoms with Crippen molar-refractivity contribution in [1.82, 2.24) is 25.6 Å². The molecule has 0 aliphatic carbocycles. The molecular formula is C21H23N5O4. The number of nitrogens with one attached hydrogen (secondary N) is 2. The second kappa shape index (κ2) is 10.2. The van der Waals surface area contributed by atoms with Crippen LogP contribution in [0.1, 0.15) is 29.9 Å². The van der Waals surface area contributed by atoms with Gasteiger partial charge in [-0.3, -0.25) is 14.8 Å². The van der Waals surface area contributed by atoms with Gasteiger partial charge in [-0.2, -0.15) is 0 Å². The Hall–Kier alpha value is -3.72. The summed E-state index contributed by atoms with van der Waals surface area (Å²) in [6, 6.07) is 16.8. The molecule has 3 N–H and O–H groups in total. The van der Waals surface area contributed by atoms with E-state index in [9.17, 15) is 9.59 Å². The Kier molecular flexibility index (Phi) is 7.12. The number of unbranched alkanes of at least 4 members (excludes halogenated alkanes) is 1. The van der Waals surface area contributed by atoms with E-state index in [0.717, 1.165) is 11.3 Å². The molecule has 0 unspecified atom stereocenters. The van der Waals surface area contributed by atoms with Gasteiger partial charge in [-0.1, -0.05) is 30.3 Å². The van der Waals surface area contributed by atoms with Crippen molar-refractivity contribution in [2.45, 2.75) is 19.3 Å². The summed E-state index contributed by atoms with van der Waals surface area (Å²) in [7, 11) is 1.60. The SMILES string of the molecule is COc1ccc(-n2nc(C(=O)NCCCCC(=O)NO)nc2-c2ccccc2)cc1. The first kappa shape index (κ1) is 21.0. The van der Waals surface area contributed by atoms with Gasteiger partial charge in [0.2, 0.25) is 11.7 Å². The number of rotatable bonds is 9. The maximum atomic E-state index is 12.5. The molecule has 9 heteroatoms. The first-order valence-electron chi connectivity index (χ1n) is 9.50. The Morgan fingerprint density at radius 3 is 2.47 bits per heavy atom. The van der Waals surface area contributed by atoms with Gasteiger partial charge in [-0.25, -0.2) is 15.1 Å². The zero-order valence-corrected chi connectivity index (χ0v) is 16.5. The smallest absolute Gasteiger partial charge is 0.290 e. The normalized spacial score (nSPS) is 10.5. The molecule has 0 saturated heterocycles. The number of nitrogens with zero attached hydrogens (tertiary/aromatic N) is 3. The lowest BCUT2D eigenvalue weighted by Gasteiger charge is -2.07. The molecule has 0 spiro atoms. The van der Waals surface area contributed by atoms with Crippen LogP contribution in [0.4, 0.5) is 0 Å². The summed E-state index contributed by atoms with van der Waals surface area (Å²) >= 11 is 0. The maximum Gasteiger partial charge on any atom is 0.290 e. The van der Waals surface area contributed by atoms with Gasteiger partial charge in [0, 0.05) is 18.5 Å². The van der Waals surface area contributed by atoms with Crippen LogP contribution in [0, 0.1) is 0 Å². The van der Waals surface area contributed by atoms with Gasteiger partial charge in [0.05, 0.1) is 12.8 Å². The molecule has 0 saturated carbocycles. The average Bonchev–Trinajstić information content (AvgIpc) is 3.25. The summed E-state index contributed by atoms with van der Waals surface area (Å²) in [6.07, 6.45) is 1.31. The molecule has 0 bridgehead atoms. The third kappa shape index (κ3) is 5.21. The number of methoxy groups -OCH3 is 1. The fraction of sp³-hybridized carbons (Fsp3) is 0.238. The summed E-state index contributed by atoms with van der Waals surface area (Å²) in [5.74, 6) is 0.469. The van der Waals surface area contributed by atoms with Gasteiger partial charge in [0.1, 0.15) is 5.75 Å². The number of ether oxygens (including phenoxy) is 1. The van der Waals surface area contributed by atoms with Crippen molar-refractivity contribution in [2.24, 2.45) is 0 Å². The van der Waals surface area contributed by atoms with Crippen molar-refractivity contribution in [1.29, 1.82) is 0 Å². The van der Waals surface area contributed by atoms with Crippen LogP contribution in [0.3, 0.4) is 0 Å². The van der Waals surface area contributed by atoms with Crippen molar-refractivity contribution in [2.75, 3.05) is 13.7 Å². The molecule has 156 valence electrons. The molecule has 0 atom stereocenters.